The van der Waals surface area contributed by atoms with Crippen LogP contribution < -0.4 is 5.73 Å². The Kier molecular flexibility index (Phi) is 4.01. The minimum Gasteiger partial charge on any atom is -0.392 e. The maximum atomic E-state index is 9.51. The van der Waals surface area contributed by atoms with Crippen LogP contribution in [-0.4, -0.2) is 68.4 Å². The standard InChI is InChI=1S/C8H17NO6/c1-2(10)3(9)7-5(12)4(11)6(13)8(14)15-7/h2-8,10-14H,9H2,1H3/t2-,3-,4+,5-,6-,7-,8?/m1/s1. The third-order valence-electron chi connectivity index (χ3n) is 2.56. The fraction of sp³-hybridized carbons (Fsp3) is 1.00. The van der Waals surface area contributed by atoms with Crippen LogP contribution in [0.25, 0.3) is 0 Å². The minimum atomic E-state index is -1.63. The van der Waals surface area contributed by atoms with Gasteiger partial charge in [-0.25, -0.2) is 0 Å². The molecular weight excluding hydrogens is 206 g/mol. The third-order valence-corrected chi connectivity index (χ3v) is 2.56. The molecule has 0 bridgehead atoms. The molecule has 1 heterocycles. The zero-order valence-electron chi connectivity index (χ0n) is 8.26. The summed E-state index contributed by atoms with van der Waals surface area (Å²) in [5.41, 5.74) is 5.51. The molecule has 0 aromatic heterocycles. The fourth-order valence-corrected chi connectivity index (χ4v) is 1.48. The van der Waals surface area contributed by atoms with Crippen molar-refractivity contribution < 1.29 is 30.3 Å². The maximum Gasteiger partial charge on any atom is 0.184 e. The van der Waals surface area contributed by atoms with Crippen LogP contribution in [0.2, 0.25) is 0 Å². The summed E-state index contributed by atoms with van der Waals surface area (Å²) in [6.45, 7) is 1.39. The summed E-state index contributed by atoms with van der Waals surface area (Å²) in [5.74, 6) is 0. The van der Waals surface area contributed by atoms with Gasteiger partial charge in [-0.05, 0) is 6.92 Å². The van der Waals surface area contributed by atoms with Crippen molar-refractivity contribution in [2.45, 2.75) is 49.8 Å². The Labute approximate surface area is 86.7 Å². The van der Waals surface area contributed by atoms with Gasteiger partial charge in [-0.15, -0.1) is 0 Å². The van der Waals surface area contributed by atoms with Crippen molar-refractivity contribution in [2.75, 3.05) is 0 Å². The first-order valence-electron chi connectivity index (χ1n) is 4.67. The van der Waals surface area contributed by atoms with Crippen LogP contribution >= 0.6 is 0 Å². The average Bonchev–Trinajstić information content (AvgIpc) is 2.19. The van der Waals surface area contributed by atoms with Crippen LogP contribution in [0.5, 0.6) is 0 Å². The van der Waals surface area contributed by atoms with E-state index in [2.05, 4.69) is 0 Å². The summed E-state index contributed by atoms with van der Waals surface area (Å²) in [5, 5.41) is 46.4. The molecule has 90 valence electrons. The molecule has 1 aliphatic heterocycles. The highest BCUT2D eigenvalue weighted by Gasteiger charge is 2.46. The van der Waals surface area contributed by atoms with Crippen molar-refractivity contribution in [3.8, 4) is 0 Å². The summed E-state index contributed by atoms with van der Waals surface area (Å²) in [6, 6.07) is -0.961. The minimum absolute atomic E-state index is 0.961. The van der Waals surface area contributed by atoms with Gasteiger partial charge in [-0.2, -0.15) is 0 Å². The van der Waals surface area contributed by atoms with E-state index in [1.54, 1.807) is 0 Å². The molecule has 0 radical (unpaired) electrons. The lowest BCUT2D eigenvalue weighted by Gasteiger charge is -2.41. The number of nitrogens with two attached hydrogens (primary N) is 1. The molecule has 15 heavy (non-hydrogen) atoms. The lowest BCUT2D eigenvalue weighted by molar-refractivity contribution is -0.288. The quantitative estimate of drug-likeness (QED) is 0.286. The molecule has 1 rings (SSSR count). The van der Waals surface area contributed by atoms with Gasteiger partial charge in [0.1, 0.15) is 24.4 Å². The van der Waals surface area contributed by atoms with Crippen molar-refractivity contribution in [3.63, 3.8) is 0 Å². The van der Waals surface area contributed by atoms with Crippen molar-refractivity contribution in [1.82, 2.24) is 0 Å². The van der Waals surface area contributed by atoms with Crippen molar-refractivity contribution >= 4 is 0 Å². The molecule has 1 fully saturated rings. The van der Waals surface area contributed by atoms with Crippen LogP contribution in [0.15, 0.2) is 0 Å². The Morgan fingerprint density at radius 1 is 1.07 bits per heavy atom. The zero-order chi connectivity index (χ0) is 11.7. The largest absolute Gasteiger partial charge is 0.392 e. The smallest absolute Gasteiger partial charge is 0.184 e. The summed E-state index contributed by atoms with van der Waals surface area (Å²) >= 11 is 0. The number of aliphatic hydroxyl groups is 5. The number of rotatable bonds is 2. The van der Waals surface area contributed by atoms with Gasteiger partial charge in [0, 0.05) is 0 Å². The van der Waals surface area contributed by atoms with Gasteiger partial charge in [-0.3, -0.25) is 0 Å². The van der Waals surface area contributed by atoms with Gasteiger partial charge in [0.2, 0.25) is 0 Å². The van der Waals surface area contributed by atoms with E-state index in [4.69, 9.17) is 15.6 Å². The van der Waals surface area contributed by atoms with E-state index < -0.39 is 42.9 Å². The van der Waals surface area contributed by atoms with E-state index in [-0.39, 0.29) is 0 Å². The number of hydrogen-bond donors (Lipinski definition) is 6. The van der Waals surface area contributed by atoms with Gasteiger partial charge < -0.3 is 36.0 Å². The Balaban J connectivity index is 2.74. The van der Waals surface area contributed by atoms with Crippen LogP contribution in [0, 0.1) is 0 Å². The van der Waals surface area contributed by atoms with E-state index in [1.807, 2.05) is 0 Å². The normalized spacial score (nSPS) is 46.2. The fourth-order valence-electron chi connectivity index (χ4n) is 1.48. The number of ether oxygens (including phenoxy) is 1. The monoisotopic (exact) mass is 223 g/mol. The predicted octanol–water partition coefficient (Wildman–Crippen LogP) is -3.51. The van der Waals surface area contributed by atoms with Crippen LogP contribution in [-0.2, 0) is 4.74 Å². The molecule has 7 heteroatoms. The van der Waals surface area contributed by atoms with Gasteiger partial charge in [0.15, 0.2) is 6.29 Å². The first-order chi connectivity index (χ1) is 6.86. The second-order valence-electron chi connectivity index (χ2n) is 3.78. The Bertz CT molecular complexity index is 213. The molecule has 7 N–H and O–H groups in total. The molecule has 0 aliphatic carbocycles. The third kappa shape index (κ3) is 2.45. The lowest BCUT2D eigenvalue weighted by atomic mass is 9.92. The Morgan fingerprint density at radius 3 is 2.07 bits per heavy atom. The van der Waals surface area contributed by atoms with Gasteiger partial charge in [0.05, 0.1) is 12.1 Å². The zero-order valence-corrected chi connectivity index (χ0v) is 8.26. The number of hydrogen-bond acceptors (Lipinski definition) is 7. The van der Waals surface area contributed by atoms with Gasteiger partial charge in [-0.1, -0.05) is 0 Å². The van der Waals surface area contributed by atoms with E-state index in [0.29, 0.717) is 0 Å². The number of aliphatic hydroxyl groups excluding tert-OH is 5. The molecule has 0 aromatic carbocycles. The topological polar surface area (TPSA) is 136 Å². The lowest BCUT2D eigenvalue weighted by Crippen LogP contribution is -2.63. The molecular formula is C8H17NO6. The molecule has 0 aromatic rings. The highest BCUT2D eigenvalue weighted by Crippen LogP contribution is 2.22. The van der Waals surface area contributed by atoms with Crippen LogP contribution in [0.1, 0.15) is 6.92 Å². The van der Waals surface area contributed by atoms with Gasteiger partial charge in [0.25, 0.3) is 0 Å². The molecule has 0 saturated carbocycles. The molecule has 0 spiro atoms. The van der Waals surface area contributed by atoms with E-state index in [1.165, 1.54) is 6.92 Å². The predicted molar refractivity (Wildman–Crippen MR) is 48.6 cm³/mol. The van der Waals surface area contributed by atoms with E-state index in [0.717, 1.165) is 0 Å². The molecule has 1 unspecified atom stereocenters. The van der Waals surface area contributed by atoms with E-state index >= 15 is 0 Å². The van der Waals surface area contributed by atoms with Crippen LogP contribution in [0.4, 0.5) is 0 Å². The Hall–Kier alpha value is -0.280. The summed E-state index contributed by atoms with van der Waals surface area (Å²) in [7, 11) is 0. The summed E-state index contributed by atoms with van der Waals surface area (Å²) in [6.07, 6.45) is -8.31. The van der Waals surface area contributed by atoms with Crippen molar-refractivity contribution in [3.05, 3.63) is 0 Å². The average molecular weight is 223 g/mol. The SMILES string of the molecule is C[C@@H](O)[C@@H](N)[C@H]1OC(O)[C@H](O)[C@@H](O)[C@H]1O. The molecule has 1 saturated heterocycles. The second-order valence-corrected chi connectivity index (χ2v) is 3.78. The maximum absolute atomic E-state index is 9.51. The Morgan fingerprint density at radius 2 is 1.60 bits per heavy atom. The summed E-state index contributed by atoms with van der Waals surface area (Å²) < 4.78 is 4.81. The van der Waals surface area contributed by atoms with Crippen LogP contribution in [0.3, 0.4) is 0 Å². The molecule has 0 amide bonds. The van der Waals surface area contributed by atoms with Crippen molar-refractivity contribution in [2.24, 2.45) is 5.73 Å². The summed E-state index contributed by atoms with van der Waals surface area (Å²) in [4.78, 5) is 0. The first kappa shape index (κ1) is 12.8. The second kappa shape index (κ2) is 4.71. The molecule has 7 nitrogen and oxygen atoms in total. The van der Waals surface area contributed by atoms with Crippen molar-refractivity contribution in [1.29, 1.82) is 0 Å². The van der Waals surface area contributed by atoms with E-state index in [9.17, 15) is 20.4 Å². The molecule has 1 aliphatic rings. The first-order valence-corrected chi connectivity index (χ1v) is 4.67. The highest BCUT2D eigenvalue weighted by molar-refractivity contribution is 4.94. The highest BCUT2D eigenvalue weighted by atomic mass is 16.6. The molecule has 7 atom stereocenters. The van der Waals surface area contributed by atoms with Gasteiger partial charge >= 0.3 is 0 Å².